The molecular formula is C19H16F3N5O. The Morgan fingerprint density at radius 2 is 1.89 bits per heavy atom. The summed E-state index contributed by atoms with van der Waals surface area (Å²) in [5.74, 6) is 0. The Hall–Kier alpha value is -3.36. The van der Waals surface area contributed by atoms with Crippen molar-refractivity contribution in [1.29, 1.82) is 0 Å². The SMILES string of the molecule is O=C(Nc1ccccc1)N1CCn2ncc(-c3cc(C(F)(F)F)ccn3)c2C1. The molecule has 0 atom stereocenters. The highest BCUT2D eigenvalue weighted by Crippen LogP contribution is 2.32. The van der Waals surface area contributed by atoms with Crippen LogP contribution in [0.1, 0.15) is 11.3 Å². The maximum Gasteiger partial charge on any atom is 0.416 e. The van der Waals surface area contributed by atoms with Crippen LogP contribution in [0.4, 0.5) is 23.7 Å². The van der Waals surface area contributed by atoms with Gasteiger partial charge in [0.15, 0.2) is 0 Å². The van der Waals surface area contributed by atoms with Crippen molar-refractivity contribution in [3.05, 3.63) is 66.1 Å². The number of carbonyl (C=O) groups excluding carboxylic acids is 1. The number of nitrogens with one attached hydrogen (secondary N) is 1. The van der Waals surface area contributed by atoms with Gasteiger partial charge in [-0.3, -0.25) is 9.67 Å². The van der Waals surface area contributed by atoms with Gasteiger partial charge in [0.1, 0.15) is 0 Å². The second-order valence-corrected chi connectivity index (χ2v) is 6.37. The summed E-state index contributed by atoms with van der Waals surface area (Å²) in [5, 5.41) is 7.06. The molecule has 1 aromatic carbocycles. The van der Waals surface area contributed by atoms with Crippen LogP contribution in [-0.4, -0.2) is 32.2 Å². The number of aromatic nitrogens is 3. The zero-order chi connectivity index (χ0) is 19.7. The molecule has 144 valence electrons. The van der Waals surface area contributed by atoms with Crippen LogP contribution in [0.5, 0.6) is 0 Å². The van der Waals surface area contributed by atoms with E-state index in [1.54, 1.807) is 21.7 Å². The van der Waals surface area contributed by atoms with Gasteiger partial charge in [0.25, 0.3) is 0 Å². The molecule has 28 heavy (non-hydrogen) atoms. The number of urea groups is 1. The Morgan fingerprint density at radius 1 is 1.11 bits per heavy atom. The van der Waals surface area contributed by atoms with E-state index in [0.717, 1.165) is 18.3 Å². The highest BCUT2D eigenvalue weighted by molar-refractivity contribution is 5.89. The maximum atomic E-state index is 13.0. The second-order valence-electron chi connectivity index (χ2n) is 6.37. The second kappa shape index (κ2) is 6.99. The van der Waals surface area contributed by atoms with Gasteiger partial charge in [0, 0.05) is 24.0 Å². The summed E-state index contributed by atoms with van der Waals surface area (Å²) < 4.78 is 40.7. The molecule has 0 unspecified atom stereocenters. The molecule has 0 radical (unpaired) electrons. The lowest BCUT2D eigenvalue weighted by molar-refractivity contribution is -0.137. The maximum absolute atomic E-state index is 13.0. The van der Waals surface area contributed by atoms with Crippen molar-refractivity contribution in [3.8, 4) is 11.3 Å². The molecule has 1 aliphatic heterocycles. The number of halogens is 3. The van der Waals surface area contributed by atoms with Crippen molar-refractivity contribution in [1.82, 2.24) is 19.7 Å². The minimum Gasteiger partial charge on any atom is -0.317 e. The van der Waals surface area contributed by atoms with E-state index >= 15 is 0 Å². The molecule has 4 rings (SSSR count). The molecule has 6 nitrogen and oxygen atoms in total. The van der Waals surface area contributed by atoms with Crippen molar-refractivity contribution < 1.29 is 18.0 Å². The molecule has 3 aromatic rings. The number of pyridine rings is 1. The van der Waals surface area contributed by atoms with Crippen molar-refractivity contribution >= 4 is 11.7 Å². The summed E-state index contributed by atoms with van der Waals surface area (Å²) >= 11 is 0. The van der Waals surface area contributed by atoms with Gasteiger partial charge in [0.05, 0.1) is 36.2 Å². The fourth-order valence-electron chi connectivity index (χ4n) is 3.11. The Morgan fingerprint density at radius 3 is 2.64 bits per heavy atom. The fraction of sp³-hybridized carbons (Fsp3) is 0.211. The molecule has 9 heteroatoms. The third kappa shape index (κ3) is 3.55. The van der Waals surface area contributed by atoms with Crippen LogP contribution in [0.3, 0.4) is 0 Å². The third-order valence-corrected chi connectivity index (χ3v) is 4.55. The highest BCUT2D eigenvalue weighted by Gasteiger charge is 2.32. The van der Waals surface area contributed by atoms with Gasteiger partial charge in [-0.1, -0.05) is 18.2 Å². The largest absolute Gasteiger partial charge is 0.416 e. The van der Waals surface area contributed by atoms with E-state index in [-0.39, 0.29) is 18.3 Å². The third-order valence-electron chi connectivity index (χ3n) is 4.55. The Balaban J connectivity index is 1.58. The number of fused-ring (bicyclic) bond motifs is 1. The molecule has 0 bridgehead atoms. The van der Waals surface area contributed by atoms with Gasteiger partial charge in [-0.15, -0.1) is 0 Å². The summed E-state index contributed by atoms with van der Waals surface area (Å²) in [5.41, 5.74) is 1.23. The number of benzene rings is 1. The van der Waals surface area contributed by atoms with E-state index in [9.17, 15) is 18.0 Å². The number of para-hydroxylation sites is 1. The van der Waals surface area contributed by atoms with Crippen molar-refractivity contribution in [3.63, 3.8) is 0 Å². The predicted octanol–water partition coefficient (Wildman–Crippen LogP) is 4.01. The Labute approximate surface area is 158 Å². The molecule has 0 saturated heterocycles. The molecule has 0 aliphatic carbocycles. The molecule has 3 heterocycles. The van der Waals surface area contributed by atoms with Crippen LogP contribution in [0.25, 0.3) is 11.3 Å². The first kappa shape index (κ1) is 18.0. The van der Waals surface area contributed by atoms with Crippen LogP contribution in [-0.2, 0) is 19.3 Å². The lowest BCUT2D eigenvalue weighted by Gasteiger charge is -2.28. The quantitative estimate of drug-likeness (QED) is 0.723. The lowest BCUT2D eigenvalue weighted by atomic mass is 10.1. The Kier molecular flexibility index (Phi) is 4.50. The van der Waals surface area contributed by atoms with E-state index < -0.39 is 11.7 Å². The van der Waals surface area contributed by atoms with Crippen molar-refractivity contribution in [2.75, 3.05) is 11.9 Å². The van der Waals surface area contributed by atoms with E-state index in [0.29, 0.717) is 30.0 Å². The smallest absolute Gasteiger partial charge is 0.317 e. The van der Waals surface area contributed by atoms with Crippen molar-refractivity contribution in [2.24, 2.45) is 0 Å². The summed E-state index contributed by atoms with van der Waals surface area (Å²) in [6.45, 7) is 1.13. The molecule has 2 aromatic heterocycles. The normalized spacial score (nSPS) is 13.9. The van der Waals surface area contributed by atoms with Gasteiger partial charge in [-0.25, -0.2) is 4.79 Å². The summed E-state index contributed by atoms with van der Waals surface area (Å²) in [6.07, 6.45) is -1.83. The van der Waals surface area contributed by atoms with Crippen LogP contribution in [0, 0.1) is 0 Å². The first-order chi connectivity index (χ1) is 13.4. The lowest BCUT2D eigenvalue weighted by Crippen LogP contribution is -2.41. The number of anilines is 1. The van der Waals surface area contributed by atoms with Gasteiger partial charge < -0.3 is 10.2 Å². The highest BCUT2D eigenvalue weighted by atomic mass is 19.4. The first-order valence-electron chi connectivity index (χ1n) is 8.61. The molecule has 0 spiro atoms. The summed E-state index contributed by atoms with van der Waals surface area (Å²) in [7, 11) is 0. The van der Waals surface area contributed by atoms with E-state index in [4.69, 9.17) is 0 Å². The standard InChI is InChI=1S/C19H16F3N5O/c20-19(21,22)13-6-7-23-16(10-13)15-11-24-27-9-8-26(12-17(15)27)18(28)25-14-4-2-1-3-5-14/h1-7,10-11H,8-9,12H2,(H,25,28). The van der Waals surface area contributed by atoms with Gasteiger partial charge in [0.2, 0.25) is 0 Å². The number of rotatable bonds is 2. The molecule has 0 fully saturated rings. The number of hydrogen-bond acceptors (Lipinski definition) is 3. The predicted molar refractivity (Wildman–Crippen MR) is 96.3 cm³/mol. The molecule has 2 amide bonds. The number of nitrogens with zero attached hydrogens (tertiary/aromatic N) is 4. The molecule has 1 aliphatic rings. The number of hydrogen-bond donors (Lipinski definition) is 1. The van der Waals surface area contributed by atoms with Crippen LogP contribution in [0.2, 0.25) is 0 Å². The summed E-state index contributed by atoms with van der Waals surface area (Å²) in [6, 6.07) is 10.7. The topological polar surface area (TPSA) is 63.1 Å². The van der Waals surface area contributed by atoms with Crippen LogP contribution < -0.4 is 5.32 Å². The number of amides is 2. The monoisotopic (exact) mass is 387 g/mol. The van der Waals surface area contributed by atoms with Crippen LogP contribution >= 0.6 is 0 Å². The number of alkyl halides is 3. The van der Waals surface area contributed by atoms with Crippen molar-refractivity contribution in [2.45, 2.75) is 19.3 Å². The number of carbonyl (C=O) groups is 1. The average Bonchev–Trinajstić information content (AvgIpc) is 3.11. The van der Waals surface area contributed by atoms with E-state index in [1.165, 1.54) is 6.20 Å². The average molecular weight is 387 g/mol. The summed E-state index contributed by atoms with van der Waals surface area (Å²) in [4.78, 5) is 18.2. The van der Waals surface area contributed by atoms with E-state index in [2.05, 4.69) is 15.4 Å². The van der Waals surface area contributed by atoms with E-state index in [1.807, 2.05) is 18.2 Å². The van der Waals surface area contributed by atoms with Crippen LogP contribution in [0.15, 0.2) is 54.9 Å². The fourth-order valence-corrected chi connectivity index (χ4v) is 3.11. The van der Waals surface area contributed by atoms with Gasteiger partial charge in [-0.05, 0) is 24.3 Å². The molecule has 0 saturated carbocycles. The zero-order valence-electron chi connectivity index (χ0n) is 14.6. The Bertz CT molecular complexity index is 1000. The first-order valence-corrected chi connectivity index (χ1v) is 8.61. The minimum absolute atomic E-state index is 0.182. The molecular weight excluding hydrogens is 371 g/mol. The van der Waals surface area contributed by atoms with Gasteiger partial charge >= 0.3 is 12.2 Å². The zero-order valence-corrected chi connectivity index (χ0v) is 14.6. The minimum atomic E-state index is -4.45. The molecule has 1 N–H and O–H groups in total. The van der Waals surface area contributed by atoms with Gasteiger partial charge in [-0.2, -0.15) is 18.3 Å².